The van der Waals surface area contributed by atoms with Gasteiger partial charge in [0, 0.05) is 173 Å². The summed E-state index contributed by atoms with van der Waals surface area (Å²) in [7, 11) is 0. The third-order valence-electron chi connectivity index (χ3n) is 12.8. The molecule has 4 bridgehead atoms. The monoisotopic (exact) mass is 895 g/mol. The highest BCUT2D eigenvalue weighted by Crippen LogP contribution is 2.18. The number of hydrogen-bond acceptors (Lipinski definition) is 16. The molecule has 6 heterocycles. The molecular formula is C43H86N14O6. The normalized spacial score (nSPS) is 32.5. The van der Waals surface area contributed by atoms with Gasteiger partial charge in [-0.05, 0) is 51.9 Å². The van der Waals surface area contributed by atoms with Crippen LogP contribution in [0.25, 0.3) is 0 Å². The number of carbonyl (C=O) groups excluding carboxylic acids is 2. The van der Waals surface area contributed by atoms with Crippen molar-refractivity contribution in [1.82, 2.24) is 74.4 Å². The van der Waals surface area contributed by atoms with Gasteiger partial charge in [-0.2, -0.15) is 0 Å². The Bertz CT molecular complexity index is 1330. The van der Waals surface area contributed by atoms with Gasteiger partial charge in [0.2, 0.25) is 11.8 Å². The molecule has 2 unspecified atom stereocenters. The van der Waals surface area contributed by atoms with E-state index in [1.807, 2.05) is 0 Å². The fraction of sp³-hybridized carbons (Fsp3) is 0.907. The van der Waals surface area contributed by atoms with E-state index in [1.54, 1.807) is 0 Å². The quantitative estimate of drug-likeness (QED) is 0.0945. The topological polar surface area (TPSA) is 277 Å². The lowest BCUT2D eigenvalue weighted by molar-refractivity contribution is -0.138. The van der Waals surface area contributed by atoms with Crippen molar-refractivity contribution in [2.75, 3.05) is 151 Å². The summed E-state index contributed by atoms with van der Waals surface area (Å²) in [6, 6.07) is -0.00312. The maximum atomic E-state index is 13.5. The van der Waals surface area contributed by atoms with Crippen molar-refractivity contribution in [2.45, 2.75) is 82.3 Å². The molecule has 364 valence electrons. The number of nitrogens with one attached hydrogen (secondary N) is 14. The van der Waals surface area contributed by atoms with Crippen molar-refractivity contribution in [3.8, 4) is 0 Å². The first-order valence-electron chi connectivity index (χ1n) is 23.9. The number of amides is 2. The third-order valence-corrected chi connectivity index (χ3v) is 12.8. The summed E-state index contributed by atoms with van der Waals surface area (Å²) in [5.74, 6) is -2.04. The highest BCUT2D eigenvalue weighted by molar-refractivity contribution is 5.78. The van der Waals surface area contributed by atoms with Crippen molar-refractivity contribution >= 4 is 23.8 Å². The lowest BCUT2D eigenvalue weighted by atomic mass is 9.87. The van der Waals surface area contributed by atoms with Gasteiger partial charge in [-0.15, -0.1) is 0 Å². The van der Waals surface area contributed by atoms with Crippen LogP contribution >= 0.6 is 0 Å². The second kappa shape index (κ2) is 28.4. The van der Waals surface area contributed by atoms with E-state index in [4.69, 9.17) is 0 Å². The molecule has 20 nitrogen and oxygen atoms in total. The number of carboxylic acid groups (broad SMARTS) is 2. The summed E-state index contributed by atoms with van der Waals surface area (Å²) in [5.41, 5.74) is -1.49. The maximum absolute atomic E-state index is 13.5. The molecule has 0 saturated carbocycles. The van der Waals surface area contributed by atoms with Gasteiger partial charge in [0.15, 0.2) is 0 Å². The van der Waals surface area contributed by atoms with Gasteiger partial charge in [0.25, 0.3) is 0 Å². The minimum atomic E-state index is -0.909. The number of rotatable bonds is 11. The number of carboxylic acids is 2. The Balaban J connectivity index is 1.66. The van der Waals surface area contributed by atoms with Crippen LogP contribution in [0.4, 0.5) is 0 Å². The highest BCUT2D eigenvalue weighted by Gasteiger charge is 2.36. The highest BCUT2D eigenvalue weighted by atomic mass is 16.4. The lowest BCUT2D eigenvalue weighted by Crippen LogP contribution is -2.67. The van der Waals surface area contributed by atoms with Gasteiger partial charge in [0.05, 0.1) is 11.1 Å². The number of fused-ring (bicyclic) bond motifs is 34. The molecule has 6 saturated heterocycles. The van der Waals surface area contributed by atoms with Gasteiger partial charge in [0.1, 0.15) is 0 Å². The van der Waals surface area contributed by atoms with Gasteiger partial charge in [-0.1, -0.05) is 13.8 Å². The average molecular weight is 895 g/mol. The Morgan fingerprint density at radius 3 is 1.22 bits per heavy atom. The molecular weight excluding hydrogens is 809 g/mol. The van der Waals surface area contributed by atoms with E-state index in [0.717, 1.165) is 111 Å². The molecule has 6 aliphatic heterocycles. The Hall–Kier alpha value is -2.60. The molecule has 0 aromatic carbocycles. The minimum absolute atomic E-state index is 0.00312. The van der Waals surface area contributed by atoms with Crippen LogP contribution in [0.15, 0.2) is 0 Å². The van der Waals surface area contributed by atoms with Crippen molar-refractivity contribution in [2.24, 2.45) is 16.7 Å². The van der Waals surface area contributed by atoms with E-state index in [2.05, 4.69) is 88.3 Å². The van der Waals surface area contributed by atoms with Crippen LogP contribution in [0.5, 0.6) is 0 Å². The zero-order valence-corrected chi connectivity index (χ0v) is 38.6. The largest absolute Gasteiger partial charge is 0.481 e. The first-order chi connectivity index (χ1) is 30.3. The maximum Gasteiger partial charge on any atom is 0.303 e. The first kappa shape index (κ1) is 53.0. The molecule has 0 aromatic rings. The van der Waals surface area contributed by atoms with Crippen molar-refractivity contribution in [3.63, 3.8) is 0 Å². The van der Waals surface area contributed by atoms with Crippen LogP contribution in [0, 0.1) is 16.7 Å². The smallest absolute Gasteiger partial charge is 0.303 e. The standard InChI is InChI=1S/C43H86N14O6/c1-40-22-44-11-5-13-46-28-42(29-47-14-6-12-45-23-40,56-36(58)7-3-9-38(60)61)32-53-20-34(19-52-26-40)35-21-54-33-43(57-37(59)8-4-10-39(62)63)30-50-17-15-48-24-41(2,27-55-35)25-49-16-18-51-31-43/h34-35,44-55H,3-33H2,1-2H3,(H,56,58)(H,57,59)(H,60,61)(H,62,63). The molecule has 6 fully saturated rings. The fourth-order valence-electron chi connectivity index (χ4n) is 9.10. The minimum Gasteiger partial charge on any atom is -0.481 e. The van der Waals surface area contributed by atoms with Crippen molar-refractivity contribution in [1.29, 1.82) is 0 Å². The number of hydrogen-bond donors (Lipinski definition) is 16. The molecule has 6 aliphatic rings. The predicted molar refractivity (Wildman–Crippen MR) is 247 cm³/mol. The van der Waals surface area contributed by atoms with E-state index in [1.165, 1.54) is 0 Å². The molecule has 0 aliphatic carbocycles. The first-order valence-corrected chi connectivity index (χ1v) is 23.9. The zero-order valence-electron chi connectivity index (χ0n) is 38.6. The summed E-state index contributed by atoms with van der Waals surface area (Å²) in [4.78, 5) is 49.5. The van der Waals surface area contributed by atoms with Gasteiger partial charge < -0.3 is 84.6 Å². The fourth-order valence-corrected chi connectivity index (χ4v) is 9.10. The van der Waals surface area contributed by atoms with Crippen LogP contribution in [0.1, 0.15) is 65.2 Å². The summed E-state index contributed by atoms with van der Waals surface area (Å²) in [6.07, 6.45) is 2.61. The van der Waals surface area contributed by atoms with Crippen LogP contribution in [-0.2, 0) is 19.2 Å². The van der Waals surface area contributed by atoms with E-state index in [0.29, 0.717) is 52.4 Å². The Kier molecular flexibility index (Phi) is 23.9. The van der Waals surface area contributed by atoms with Gasteiger partial charge in [-0.25, -0.2) is 0 Å². The SMILES string of the molecule is CC12CNCCCNCC(NC(=O)CCCC(=O)O)(CNCCCNC1)CNCC(C1CNCC3(NC(=O)CCCC(=O)O)CNCCNCC(C)(CNCCNC3)CN1)CNC2. The van der Waals surface area contributed by atoms with Gasteiger partial charge in [-0.3, -0.25) is 19.2 Å². The molecule has 16 N–H and O–H groups in total. The molecule has 2 atom stereocenters. The van der Waals surface area contributed by atoms with Crippen LogP contribution < -0.4 is 74.4 Å². The van der Waals surface area contributed by atoms with E-state index in [-0.39, 0.29) is 73.1 Å². The third kappa shape index (κ3) is 21.1. The summed E-state index contributed by atoms with van der Waals surface area (Å²) >= 11 is 0. The summed E-state index contributed by atoms with van der Waals surface area (Å²) < 4.78 is 0. The second-order valence-corrected chi connectivity index (χ2v) is 19.5. The number of carbonyl (C=O) groups is 4. The lowest BCUT2D eigenvalue weighted by Gasteiger charge is -2.41. The summed E-state index contributed by atoms with van der Waals surface area (Å²) in [6.45, 7) is 21.0. The Labute approximate surface area is 376 Å². The van der Waals surface area contributed by atoms with Crippen LogP contribution in [0.2, 0.25) is 0 Å². The molecule has 0 spiro atoms. The Morgan fingerprint density at radius 2 is 0.778 bits per heavy atom. The molecule has 20 heteroatoms. The van der Waals surface area contributed by atoms with Crippen molar-refractivity contribution < 1.29 is 29.4 Å². The van der Waals surface area contributed by atoms with E-state index < -0.39 is 23.0 Å². The zero-order chi connectivity index (χ0) is 45.3. The molecule has 6 rings (SSSR count). The van der Waals surface area contributed by atoms with Crippen LogP contribution in [-0.4, -0.2) is 202 Å². The van der Waals surface area contributed by atoms with E-state index >= 15 is 0 Å². The Morgan fingerprint density at radius 1 is 0.444 bits per heavy atom. The second-order valence-electron chi connectivity index (χ2n) is 19.5. The number of aliphatic carboxylic acids is 2. The molecule has 63 heavy (non-hydrogen) atoms. The average Bonchev–Trinajstić information content (AvgIpc) is 3.22. The van der Waals surface area contributed by atoms with Crippen LogP contribution in [0.3, 0.4) is 0 Å². The molecule has 2 amide bonds. The summed E-state index contributed by atoms with van der Waals surface area (Å²) in [5, 5.41) is 70.2. The molecule has 0 radical (unpaired) electrons. The molecule has 0 aromatic heterocycles. The van der Waals surface area contributed by atoms with Gasteiger partial charge >= 0.3 is 11.9 Å². The predicted octanol–water partition coefficient (Wildman–Crippen LogP) is -3.89. The van der Waals surface area contributed by atoms with E-state index in [9.17, 15) is 29.4 Å². The van der Waals surface area contributed by atoms with Crippen molar-refractivity contribution in [3.05, 3.63) is 0 Å².